The Bertz CT molecular complexity index is 2090. The molecule has 7 heteroatoms. The average molecular weight is 679 g/mol. The second-order valence-corrected chi connectivity index (χ2v) is 13.4. The van der Waals surface area contributed by atoms with Crippen molar-refractivity contribution in [2.45, 2.75) is 52.4 Å². The van der Waals surface area contributed by atoms with E-state index in [0.717, 1.165) is 70.3 Å². The van der Waals surface area contributed by atoms with Crippen LogP contribution in [0.3, 0.4) is 0 Å². The first-order chi connectivity index (χ1) is 24.9. The van der Waals surface area contributed by atoms with Crippen molar-refractivity contribution < 1.29 is 14.7 Å². The standard InChI is InChI=1S/C22H22N2O.C17H13NO2.C5H11N/c1-16-10-11-20-18(14-16)19(22(25)24-12-6-3-7-13-24)15-21(23-20)17-8-4-2-5-9-17;1-11-7-8-15-13(9-11)14(17(19)20)10-16(18-15)12-5-3-2-4-6-12;1-2-4-6-5-3-1/h2,4-5,8-11,14-15H,3,6-7,12-13H2,1H3;2-10H,1H3,(H,19,20);6H,1-5H2. The van der Waals surface area contributed by atoms with E-state index in [2.05, 4.69) is 29.4 Å². The van der Waals surface area contributed by atoms with Crippen LogP contribution in [-0.2, 0) is 0 Å². The molecule has 1 amide bonds. The molecule has 51 heavy (non-hydrogen) atoms. The van der Waals surface area contributed by atoms with Crippen molar-refractivity contribution >= 4 is 33.7 Å². The summed E-state index contributed by atoms with van der Waals surface area (Å²) in [6.07, 6.45) is 7.63. The van der Waals surface area contributed by atoms with Crippen LogP contribution in [0.2, 0.25) is 0 Å². The molecule has 0 saturated carbocycles. The Balaban J connectivity index is 0.000000154. The SMILES string of the molecule is C1CCNCC1.Cc1ccc2nc(-c3ccccc3)cc(C(=O)N3CCCCC3)c2c1.Cc1ccc2nc(-c3ccccc3)cc(C(=O)O)c2c1. The average Bonchev–Trinajstić information content (AvgIpc) is 3.19. The fraction of sp³-hybridized carbons (Fsp3) is 0.273. The van der Waals surface area contributed by atoms with E-state index in [0.29, 0.717) is 16.6 Å². The first kappa shape index (κ1) is 35.4. The number of carbonyl (C=O) groups is 2. The molecule has 2 N–H and O–H groups in total. The molecule has 7 nitrogen and oxygen atoms in total. The lowest BCUT2D eigenvalue weighted by molar-refractivity contribution is 0.0696. The summed E-state index contributed by atoms with van der Waals surface area (Å²) in [6, 6.07) is 35.1. The molecule has 2 saturated heterocycles. The first-order valence-electron chi connectivity index (χ1n) is 18.0. The third-order valence-electron chi connectivity index (χ3n) is 9.38. The van der Waals surface area contributed by atoms with Gasteiger partial charge in [-0.2, -0.15) is 0 Å². The number of carboxylic acids is 1. The lowest BCUT2D eigenvalue weighted by Gasteiger charge is -2.27. The van der Waals surface area contributed by atoms with Gasteiger partial charge in [0, 0.05) is 35.0 Å². The normalized spacial score (nSPS) is 14.2. The summed E-state index contributed by atoms with van der Waals surface area (Å²) in [7, 11) is 0. The van der Waals surface area contributed by atoms with Gasteiger partial charge in [0.25, 0.3) is 5.91 Å². The molecular weight excluding hydrogens is 633 g/mol. The van der Waals surface area contributed by atoms with E-state index in [1.807, 2.05) is 103 Å². The molecule has 260 valence electrons. The maximum atomic E-state index is 13.2. The Kier molecular flexibility index (Phi) is 11.8. The van der Waals surface area contributed by atoms with Crippen LogP contribution in [0.5, 0.6) is 0 Å². The second kappa shape index (κ2) is 17.0. The number of piperidine rings is 2. The van der Waals surface area contributed by atoms with Gasteiger partial charge in [-0.15, -0.1) is 0 Å². The molecule has 2 aromatic heterocycles. The molecule has 4 heterocycles. The van der Waals surface area contributed by atoms with Crippen LogP contribution < -0.4 is 5.32 Å². The van der Waals surface area contributed by atoms with E-state index in [-0.39, 0.29) is 11.5 Å². The number of carboxylic acid groups (broad SMARTS) is 1. The van der Waals surface area contributed by atoms with Crippen molar-refractivity contribution in [3.05, 3.63) is 131 Å². The van der Waals surface area contributed by atoms with Crippen LogP contribution in [0, 0.1) is 13.8 Å². The molecule has 4 aromatic carbocycles. The molecule has 2 aliphatic heterocycles. The molecule has 8 rings (SSSR count). The van der Waals surface area contributed by atoms with Gasteiger partial charge in [0.1, 0.15) is 0 Å². The lowest BCUT2D eigenvalue weighted by Crippen LogP contribution is -2.35. The summed E-state index contributed by atoms with van der Waals surface area (Å²) >= 11 is 0. The summed E-state index contributed by atoms with van der Waals surface area (Å²) in [4.78, 5) is 36.1. The number of pyridine rings is 2. The molecule has 2 aliphatic rings. The fourth-order valence-corrected chi connectivity index (χ4v) is 6.62. The predicted molar refractivity (Wildman–Crippen MR) is 207 cm³/mol. The number of benzene rings is 4. The molecule has 2 fully saturated rings. The molecule has 0 radical (unpaired) electrons. The third kappa shape index (κ3) is 9.04. The van der Waals surface area contributed by atoms with Gasteiger partial charge in [-0.25, -0.2) is 14.8 Å². The van der Waals surface area contributed by atoms with E-state index in [1.165, 1.54) is 38.8 Å². The highest BCUT2D eigenvalue weighted by Crippen LogP contribution is 2.28. The molecular formula is C44H46N4O3. The number of hydrogen-bond acceptors (Lipinski definition) is 5. The summed E-state index contributed by atoms with van der Waals surface area (Å²) in [5.74, 6) is -0.796. The zero-order valence-corrected chi connectivity index (χ0v) is 29.6. The van der Waals surface area contributed by atoms with Gasteiger partial charge in [0.15, 0.2) is 0 Å². The van der Waals surface area contributed by atoms with E-state index in [4.69, 9.17) is 4.98 Å². The second-order valence-electron chi connectivity index (χ2n) is 13.4. The Labute approximate surface area is 300 Å². The minimum absolute atomic E-state index is 0.134. The van der Waals surface area contributed by atoms with Gasteiger partial charge in [-0.1, -0.05) is 90.3 Å². The highest BCUT2D eigenvalue weighted by molar-refractivity contribution is 6.07. The van der Waals surface area contributed by atoms with Gasteiger partial charge in [-0.05, 0) is 95.4 Å². The smallest absolute Gasteiger partial charge is 0.336 e. The number of rotatable bonds is 4. The number of likely N-dealkylation sites (tertiary alicyclic amines) is 1. The molecule has 0 atom stereocenters. The quantitative estimate of drug-likeness (QED) is 0.193. The van der Waals surface area contributed by atoms with E-state index in [9.17, 15) is 14.7 Å². The summed E-state index contributed by atoms with van der Waals surface area (Å²) < 4.78 is 0. The summed E-state index contributed by atoms with van der Waals surface area (Å²) in [5, 5.41) is 14.3. The minimum Gasteiger partial charge on any atom is -0.478 e. The van der Waals surface area contributed by atoms with E-state index < -0.39 is 5.97 Å². The minimum atomic E-state index is -0.930. The Morgan fingerprint density at radius 3 is 1.51 bits per heavy atom. The van der Waals surface area contributed by atoms with Crippen molar-refractivity contribution in [3.63, 3.8) is 0 Å². The molecule has 0 unspecified atom stereocenters. The monoisotopic (exact) mass is 678 g/mol. The topological polar surface area (TPSA) is 95.4 Å². The number of fused-ring (bicyclic) bond motifs is 2. The summed E-state index contributed by atoms with van der Waals surface area (Å²) in [6.45, 7) is 8.21. The number of hydrogen-bond donors (Lipinski definition) is 2. The first-order valence-corrected chi connectivity index (χ1v) is 18.0. The number of aromatic carboxylic acids is 1. The summed E-state index contributed by atoms with van der Waals surface area (Å²) in [5.41, 5.74) is 8.31. The maximum Gasteiger partial charge on any atom is 0.336 e. The number of amides is 1. The largest absolute Gasteiger partial charge is 0.478 e. The lowest BCUT2D eigenvalue weighted by atomic mass is 10.0. The number of aryl methyl sites for hydroxylation is 2. The predicted octanol–water partition coefficient (Wildman–Crippen LogP) is 9.50. The van der Waals surface area contributed by atoms with E-state index >= 15 is 0 Å². The van der Waals surface area contributed by atoms with E-state index in [1.54, 1.807) is 6.07 Å². The maximum absolute atomic E-state index is 13.2. The molecule has 0 aliphatic carbocycles. The van der Waals surface area contributed by atoms with Gasteiger partial charge in [-0.3, -0.25) is 4.79 Å². The van der Waals surface area contributed by atoms with Gasteiger partial charge in [0.2, 0.25) is 0 Å². The van der Waals surface area contributed by atoms with Crippen molar-refractivity contribution in [2.75, 3.05) is 26.2 Å². The van der Waals surface area contributed by atoms with Crippen molar-refractivity contribution in [3.8, 4) is 22.5 Å². The number of nitrogens with zero attached hydrogens (tertiary/aromatic N) is 3. The van der Waals surface area contributed by atoms with Gasteiger partial charge < -0.3 is 15.3 Å². The number of aromatic nitrogens is 2. The number of carbonyl (C=O) groups excluding carboxylic acids is 1. The van der Waals surface area contributed by atoms with Crippen LogP contribution in [0.4, 0.5) is 0 Å². The Hall–Kier alpha value is -5.40. The van der Waals surface area contributed by atoms with Gasteiger partial charge in [0.05, 0.1) is 33.5 Å². The third-order valence-corrected chi connectivity index (χ3v) is 9.38. The molecule has 0 bridgehead atoms. The fourth-order valence-electron chi connectivity index (χ4n) is 6.62. The zero-order valence-electron chi connectivity index (χ0n) is 29.6. The Morgan fingerprint density at radius 2 is 1.06 bits per heavy atom. The molecule has 0 spiro atoms. The highest BCUT2D eigenvalue weighted by atomic mass is 16.4. The Morgan fingerprint density at radius 1 is 0.588 bits per heavy atom. The van der Waals surface area contributed by atoms with Crippen LogP contribution in [-0.4, -0.2) is 58.0 Å². The van der Waals surface area contributed by atoms with Crippen molar-refractivity contribution in [1.82, 2.24) is 20.2 Å². The number of nitrogens with one attached hydrogen (secondary N) is 1. The van der Waals surface area contributed by atoms with Crippen molar-refractivity contribution in [2.24, 2.45) is 0 Å². The van der Waals surface area contributed by atoms with Crippen LogP contribution in [0.15, 0.2) is 109 Å². The zero-order chi connectivity index (χ0) is 35.6. The van der Waals surface area contributed by atoms with Crippen LogP contribution in [0.25, 0.3) is 44.3 Å². The highest BCUT2D eigenvalue weighted by Gasteiger charge is 2.22. The van der Waals surface area contributed by atoms with Gasteiger partial charge >= 0.3 is 5.97 Å². The van der Waals surface area contributed by atoms with Crippen molar-refractivity contribution in [1.29, 1.82) is 0 Å². The van der Waals surface area contributed by atoms with Crippen LogP contribution >= 0.6 is 0 Å². The molecule has 6 aromatic rings. The van der Waals surface area contributed by atoms with Crippen LogP contribution in [0.1, 0.15) is 70.4 Å².